The van der Waals surface area contributed by atoms with Crippen LogP contribution in [0.4, 0.5) is 5.82 Å². The lowest BCUT2D eigenvalue weighted by molar-refractivity contribution is -0.389. The first-order valence-corrected chi connectivity index (χ1v) is 4.81. The van der Waals surface area contributed by atoms with Crippen LogP contribution in [0, 0.1) is 10.1 Å². The van der Waals surface area contributed by atoms with Gasteiger partial charge >= 0.3 is 11.8 Å². The molecule has 1 atom stereocenters. The summed E-state index contributed by atoms with van der Waals surface area (Å²) in [6.45, 7) is -0.204. The van der Waals surface area contributed by atoms with Gasteiger partial charge in [0.1, 0.15) is 0 Å². The van der Waals surface area contributed by atoms with Gasteiger partial charge in [0.2, 0.25) is 0 Å². The molecule has 18 heavy (non-hydrogen) atoms. The van der Waals surface area contributed by atoms with Gasteiger partial charge in [-0.2, -0.15) is 0 Å². The largest absolute Gasteiger partial charge is 0.480 e. The third kappa shape index (κ3) is 3.28. The van der Waals surface area contributed by atoms with E-state index in [1.54, 1.807) is 0 Å². The van der Waals surface area contributed by atoms with Crippen LogP contribution in [0.3, 0.4) is 0 Å². The molecule has 1 rings (SSSR count). The van der Waals surface area contributed by atoms with Gasteiger partial charge in [-0.25, -0.2) is 9.78 Å². The molecule has 1 amide bonds. The number of rotatable bonds is 6. The number of ether oxygens (including phenoxy) is 1. The first-order chi connectivity index (χ1) is 8.45. The van der Waals surface area contributed by atoms with Gasteiger partial charge < -0.3 is 25.3 Å². The second kappa shape index (κ2) is 5.77. The number of aromatic amines is 1. The fourth-order valence-electron chi connectivity index (χ4n) is 1.20. The van der Waals surface area contributed by atoms with Crippen molar-refractivity contribution in [2.24, 2.45) is 0 Å². The SMILES string of the molecule is COCC(NC(=O)c1ccc([N+](=O)[O-])[nH]1)C(=O)O. The van der Waals surface area contributed by atoms with Gasteiger partial charge in [-0.15, -0.1) is 0 Å². The number of carbonyl (C=O) groups excluding carboxylic acids is 1. The normalized spacial score (nSPS) is 11.8. The van der Waals surface area contributed by atoms with Crippen LogP contribution in [0.5, 0.6) is 0 Å². The summed E-state index contributed by atoms with van der Waals surface area (Å²) in [5.41, 5.74) is -0.0935. The zero-order valence-corrected chi connectivity index (χ0v) is 9.37. The number of hydrogen-bond donors (Lipinski definition) is 3. The lowest BCUT2D eigenvalue weighted by Gasteiger charge is -2.11. The molecule has 1 aromatic rings. The molecule has 0 bridgehead atoms. The fraction of sp³-hybridized carbons (Fsp3) is 0.333. The Morgan fingerprint density at radius 3 is 2.72 bits per heavy atom. The van der Waals surface area contributed by atoms with Crippen LogP contribution in [-0.4, -0.2) is 46.6 Å². The van der Waals surface area contributed by atoms with Gasteiger partial charge in [0.15, 0.2) is 11.7 Å². The van der Waals surface area contributed by atoms with Crippen LogP contribution >= 0.6 is 0 Å². The van der Waals surface area contributed by atoms with Crippen LogP contribution < -0.4 is 5.32 Å². The van der Waals surface area contributed by atoms with E-state index in [0.717, 1.165) is 6.07 Å². The zero-order valence-electron chi connectivity index (χ0n) is 9.37. The number of nitrogens with zero attached hydrogens (tertiary/aromatic N) is 1. The minimum absolute atomic E-state index is 0.0935. The predicted molar refractivity (Wildman–Crippen MR) is 58.2 cm³/mol. The minimum atomic E-state index is -1.26. The molecule has 0 saturated heterocycles. The highest BCUT2D eigenvalue weighted by Gasteiger charge is 2.23. The molecule has 0 aromatic carbocycles. The molecule has 0 spiro atoms. The summed E-state index contributed by atoms with van der Waals surface area (Å²) in [6.07, 6.45) is 0. The first kappa shape index (κ1) is 13.6. The zero-order chi connectivity index (χ0) is 13.7. The quantitative estimate of drug-likeness (QED) is 0.475. The Morgan fingerprint density at radius 2 is 2.28 bits per heavy atom. The van der Waals surface area contributed by atoms with Crippen LogP contribution in [-0.2, 0) is 9.53 Å². The Balaban J connectivity index is 2.74. The Bertz CT molecular complexity index is 469. The number of aliphatic carboxylic acids is 1. The van der Waals surface area contributed by atoms with Gasteiger partial charge in [0.25, 0.3) is 5.91 Å². The maximum absolute atomic E-state index is 11.6. The second-order valence-electron chi connectivity index (χ2n) is 3.33. The van der Waals surface area contributed by atoms with E-state index in [9.17, 15) is 19.7 Å². The Hall–Kier alpha value is -2.42. The average Bonchev–Trinajstić information content (AvgIpc) is 2.77. The summed E-state index contributed by atoms with van der Waals surface area (Å²) in [7, 11) is 1.29. The number of carbonyl (C=O) groups is 2. The summed E-state index contributed by atoms with van der Waals surface area (Å²) in [5.74, 6) is -2.36. The summed E-state index contributed by atoms with van der Waals surface area (Å²) < 4.78 is 4.63. The van der Waals surface area contributed by atoms with Gasteiger partial charge in [-0.1, -0.05) is 0 Å². The summed E-state index contributed by atoms with van der Waals surface area (Å²) in [5, 5.41) is 21.3. The molecule has 0 radical (unpaired) electrons. The van der Waals surface area contributed by atoms with Crippen LogP contribution in [0.1, 0.15) is 10.5 Å². The van der Waals surface area contributed by atoms with E-state index in [1.165, 1.54) is 13.2 Å². The first-order valence-electron chi connectivity index (χ1n) is 4.81. The van der Waals surface area contributed by atoms with E-state index < -0.39 is 22.8 Å². The molecule has 3 N–H and O–H groups in total. The van der Waals surface area contributed by atoms with E-state index in [4.69, 9.17) is 5.11 Å². The molecule has 0 fully saturated rings. The van der Waals surface area contributed by atoms with Crippen LogP contribution in [0.2, 0.25) is 0 Å². The smallest absolute Gasteiger partial charge is 0.328 e. The molecular formula is C9H11N3O6. The molecule has 0 aliphatic carbocycles. The van der Waals surface area contributed by atoms with E-state index in [1.807, 2.05) is 0 Å². The molecule has 0 aliphatic heterocycles. The number of carboxylic acid groups (broad SMARTS) is 1. The summed E-state index contributed by atoms with van der Waals surface area (Å²) in [6, 6.07) is 1.09. The average molecular weight is 257 g/mol. The second-order valence-corrected chi connectivity index (χ2v) is 3.33. The van der Waals surface area contributed by atoms with Gasteiger partial charge in [0.05, 0.1) is 6.61 Å². The topological polar surface area (TPSA) is 135 Å². The van der Waals surface area contributed by atoms with Crippen LogP contribution in [0.15, 0.2) is 12.1 Å². The molecule has 1 aromatic heterocycles. The molecule has 1 unspecified atom stereocenters. The molecule has 9 heteroatoms. The number of hydrogen-bond acceptors (Lipinski definition) is 5. The van der Waals surface area contributed by atoms with Gasteiger partial charge in [-0.3, -0.25) is 4.79 Å². The summed E-state index contributed by atoms with van der Waals surface area (Å²) >= 11 is 0. The maximum atomic E-state index is 11.6. The number of amides is 1. The van der Waals surface area contributed by atoms with E-state index in [-0.39, 0.29) is 18.1 Å². The van der Waals surface area contributed by atoms with E-state index >= 15 is 0 Å². The van der Waals surface area contributed by atoms with Crippen molar-refractivity contribution < 1.29 is 24.4 Å². The van der Waals surface area contributed by atoms with Crippen molar-refractivity contribution in [1.82, 2.24) is 10.3 Å². The molecule has 0 aliphatic rings. The Morgan fingerprint density at radius 1 is 1.61 bits per heavy atom. The number of aromatic nitrogens is 1. The van der Waals surface area contributed by atoms with Crippen LogP contribution in [0.25, 0.3) is 0 Å². The van der Waals surface area contributed by atoms with E-state index in [0.29, 0.717) is 0 Å². The third-order valence-electron chi connectivity index (χ3n) is 2.05. The molecular weight excluding hydrogens is 246 g/mol. The van der Waals surface area contributed by atoms with Crippen molar-refractivity contribution in [2.45, 2.75) is 6.04 Å². The third-order valence-corrected chi connectivity index (χ3v) is 2.05. The van der Waals surface area contributed by atoms with Crippen molar-refractivity contribution in [3.05, 3.63) is 27.9 Å². The lowest BCUT2D eigenvalue weighted by atomic mass is 10.3. The van der Waals surface area contributed by atoms with Crippen molar-refractivity contribution >= 4 is 17.7 Å². The van der Waals surface area contributed by atoms with Crippen molar-refractivity contribution in [2.75, 3.05) is 13.7 Å². The molecule has 0 saturated carbocycles. The van der Waals surface area contributed by atoms with Crippen molar-refractivity contribution in [3.8, 4) is 0 Å². The Labute approximate surface area is 101 Å². The number of nitro groups is 1. The minimum Gasteiger partial charge on any atom is -0.480 e. The number of nitrogens with one attached hydrogen (secondary N) is 2. The predicted octanol–water partition coefficient (Wildman–Crippen LogP) is -0.248. The van der Waals surface area contributed by atoms with Gasteiger partial charge in [0, 0.05) is 13.2 Å². The molecule has 98 valence electrons. The van der Waals surface area contributed by atoms with Crippen molar-refractivity contribution in [1.29, 1.82) is 0 Å². The highest BCUT2D eigenvalue weighted by Crippen LogP contribution is 2.09. The highest BCUT2D eigenvalue weighted by atomic mass is 16.6. The van der Waals surface area contributed by atoms with Crippen molar-refractivity contribution in [3.63, 3.8) is 0 Å². The monoisotopic (exact) mass is 257 g/mol. The highest BCUT2D eigenvalue weighted by molar-refractivity contribution is 5.95. The maximum Gasteiger partial charge on any atom is 0.328 e. The van der Waals surface area contributed by atoms with Gasteiger partial charge in [-0.05, 0) is 11.0 Å². The summed E-state index contributed by atoms with van der Waals surface area (Å²) in [4.78, 5) is 34.3. The molecule has 1 heterocycles. The number of carboxylic acids is 1. The number of H-pyrrole nitrogens is 1. The Kier molecular flexibility index (Phi) is 4.38. The molecule has 9 nitrogen and oxygen atoms in total. The lowest BCUT2D eigenvalue weighted by Crippen LogP contribution is -2.43. The standard InChI is InChI=1S/C9H11N3O6/c1-18-4-6(9(14)15)11-8(13)5-2-3-7(10-5)12(16)17/h2-3,6,10H,4H2,1H3,(H,11,13)(H,14,15). The fourth-order valence-corrected chi connectivity index (χ4v) is 1.20. The number of methoxy groups -OCH3 is 1. The van der Waals surface area contributed by atoms with E-state index in [2.05, 4.69) is 15.0 Å².